The van der Waals surface area contributed by atoms with Crippen LogP contribution in [-0.4, -0.2) is 37.7 Å². The van der Waals surface area contributed by atoms with Crippen LogP contribution in [0.5, 0.6) is 5.75 Å². The zero-order valence-corrected chi connectivity index (χ0v) is 11.3. The van der Waals surface area contributed by atoms with Crippen molar-refractivity contribution in [2.45, 2.75) is 19.1 Å². The Morgan fingerprint density at radius 3 is 3.05 bits per heavy atom. The summed E-state index contributed by atoms with van der Waals surface area (Å²) in [5.74, 6) is -0.0171. The number of benzene rings is 1. The van der Waals surface area contributed by atoms with Crippen LogP contribution in [0, 0.1) is 0 Å². The third-order valence-corrected chi connectivity index (χ3v) is 2.86. The van der Waals surface area contributed by atoms with Crippen molar-refractivity contribution in [2.75, 3.05) is 24.4 Å². The summed E-state index contributed by atoms with van der Waals surface area (Å²) in [6.45, 7) is 1.80. The van der Waals surface area contributed by atoms with Crippen LogP contribution in [0.2, 0.25) is 0 Å². The van der Waals surface area contributed by atoms with E-state index in [2.05, 4.69) is 10.6 Å². The van der Waals surface area contributed by atoms with Crippen molar-refractivity contribution >= 4 is 23.2 Å². The van der Waals surface area contributed by atoms with Crippen LogP contribution in [0.4, 0.5) is 11.4 Å². The van der Waals surface area contributed by atoms with Gasteiger partial charge >= 0.3 is 0 Å². The molecule has 1 heterocycles. The predicted molar refractivity (Wildman–Crippen MR) is 73.6 cm³/mol. The summed E-state index contributed by atoms with van der Waals surface area (Å²) < 4.78 is 10.2. The van der Waals surface area contributed by atoms with Crippen molar-refractivity contribution < 1.29 is 19.1 Å². The molecular weight excluding hydrogens is 262 g/mol. The number of anilines is 2. The van der Waals surface area contributed by atoms with Gasteiger partial charge in [0.25, 0.3) is 5.91 Å². The van der Waals surface area contributed by atoms with E-state index in [9.17, 15) is 9.59 Å². The first-order chi connectivity index (χ1) is 9.51. The monoisotopic (exact) mass is 279 g/mol. The molecule has 108 valence electrons. The van der Waals surface area contributed by atoms with Crippen LogP contribution >= 0.6 is 0 Å². The standard InChI is InChI=1S/C13H17N3O4/c1-7-12(17)16-10-5-8(3-4-11(10)20-7)15-13(18)9(14)6-19-2/h3-5,7,9H,6,14H2,1-2H3,(H,15,18)(H,16,17). The van der Waals surface area contributed by atoms with Gasteiger partial charge in [-0.1, -0.05) is 0 Å². The van der Waals surface area contributed by atoms with Crippen molar-refractivity contribution in [1.29, 1.82) is 0 Å². The molecule has 7 heteroatoms. The molecule has 2 unspecified atom stereocenters. The number of hydrogen-bond donors (Lipinski definition) is 3. The summed E-state index contributed by atoms with van der Waals surface area (Å²) >= 11 is 0. The van der Waals surface area contributed by atoms with Gasteiger partial charge in [-0.05, 0) is 25.1 Å². The highest BCUT2D eigenvalue weighted by Crippen LogP contribution is 2.32. The Hall–Kier alpha value is -2.12. The maximum absolute atomic E-state index is 11.8. The Balaban J connectivity index is 2.10. The van der Waals surface area contributed by atoms with Crippen molar-refractivity contribution in [2.24, 2.45) is 5.73 Å². The molecule has 20 heavy (non-hydrogen) atoms. The molecule has 0 saturated carbocycles. The van der Waals surface area contributed by atoms with Crippen LogP contribution in [0.1, 0.15) is 6.92 Å². The lowest BCUT2D eigenvalue weighted by atomic mass is 10.2. The van der Waals surface area contributed by atoms with Gasteiger partial charge in [-0.2, -0.15) is 0 Å². The number of nitrogens with two attached hydrogens (primary N) is 1. The zero-order chi connectivity index (χ0) is 14.7. The normalized spacial score (nSPS) is 18.6. The number of methoxy groups -OCH3 is 1. The smallest absolute Gasteiger partial charge is 0.265 e. The molecule has 0 radical (unpaired) electrons. The van der Waals surface area contributed by atoms with Crippen LogP contribution in [0.3, 0.4) is 0 Å². The minimum atomic E-state index is -0.748. The van der Waals surface area contributed by atoms with Gasteiger partial charge in [0.05, 0.1) is 12.3 Å². The Morgan fingerprint density at radius 1 is 1.60 bits per heavy atom. The van der Waals surface area contributed by atoms with E-state index in [0.29, 0.717) is 17.1 Å². The molecule has 0 fully saturated rings. The molecule has 0 spiro atoms. The third kappa shape index (κ3) is 3.06. The fourth-order valence-corrected chi connectivity index (χ4v) is 1.78. The Labute approximate surface area is 116 Å². The Bertz CT molecular complexity index is 532. The second-order valence-corrected chi connectivity index (χ2v) is 4.51. The molecule has 1 aliphatic rings. The first-order valence-corrected chi connectivity index (χ1v) is 6.18. The summed E-state index contributed by atoms with van der Waals surface area (Å²) in [7, 11) is 1.47. The second kappa shape index (κ2) is 5.89. The molecule has 1 aromatic carbocycles. The number of nitrogens with one attached hydrogen (secondary N) is 2. The number of hydrogen-bond acceptors (Lipinski definition) is 5. The maximum atomic E-state index is 11.8. The average molecular weight is 279 g/mol. The molecule has 0 aliphatic carbocycles. The topological polar surface area (TPSA) is 103 Å². The molecule has 7 nitrogen and oxygen atoms in total. The van der Waals surface area contributed by atoms with E-state index >= 15 is 0 Å². The lowest BCUT2D eigenvalue weighted by Crippen LogP contribution is -2.39. The minimum Gasteiger partial charge on any atom is -0.479 e. The summed E-state index contributed by atoms with van der Waals surface area (Å²) in [6, 6.07) is 4.24. The number of amides is 2. The summed E-state index contributed by atoms with van der Waals surface area (Å²) in [5.41, 5.74) is 6.67. The van der Waals surface area contributed by atoms with Crippen molar-refractivity contribution in [3.8, 4) is 5.75 Å². The molecule has 2 rings (SSSR count). The van der Waals surface area contributed by atoms with Gasteiger partial charge in [-0.25, -0.2) is 0 Å². The highest BCUT2D eigenvalue weighted by Gasteiger charge is 2.24. The van der Waals surface area contributed by atoms with E-state index in [4.69, 9.17) is 15.2 Å². The van der Waals surface area contributed by atoms with E-state index in [1.807, 2.05) is 0 Å². The quantitative estimate of drug-likeness (QED) is 0.736. The van der Waals surface area contributed by atoms with Crippen molar-refractivity contribution in [3.05, 3.63) is 18.2 Å². The fraction of sp³-hybridized carbons (Fsp3) is 0.385. The van der Waals surface area contributed by atoms with Gasteiger partial charge < -0.3 is 25.8 Å². The van der Waals surface area contributed by atoms with Gasteiger partial charge in [0.2, 0.25) is 5.91 Å². The SMILES string of the molecule is COCC(N)C(=O)Nc1ccc2c(c1)NC(=O)C(C)O2. The lowest BCUT2D eigenvalue weighted by molar-refractivity contribution is -0.122. The maximum Gasteiger partial charge on any atom is 0.265 e. The predicted octanol–water partition coefficient (Wildman–Crippen LogP) is 0.318. The van der Waals surface area contributed by atoms with Crippen molar-refractivity contribution in [1.82, 2.24) is 0 Å². The summed E-state index contributed by atoms with van der Waals surface area (Å²) in [4.78, 5) is 23.3. The molecule has 0 aromatic heterocycles. The molecule has 2 atom stereocenters. The molecule has 4 N–H and O–H groups in total. The Kier molecular flexibility index (Phi) is 4.21. The highest BCUT2D eigenvalue weighted by atomic mass is 16.5. The zero-order valence-electron chi connectivity index (χ0n) is 11.3. The number of fused-ring (bicyclic) bond motifs is 1. The van der Waals surface area contributed by atoms with E-state index < -0.39 is 12.1 Å². The lowest BCUT2D eigenvalue weighted by Gasteiger charge is -2.23. The first kappa shape index (κ1) is 14.3. The van der Waals surface area contributed by atoms with E-state index in [-0.39, 0.29) is 18.4 Å². The van der Waals surface area contributed by atoms with Crippen LogP contribution in [-0.2, 0) is 14.3 Å². The molecule has 0 saturated heterocycles. The van der Waals surface area contributed by atoms with E-state index in [0.717, 1.165) is 0 Å². The van der Waals surface area contributed by atoms with Gasteiger partial charge in [-0.15, -0.1) is 0 Å². The van der Waals surface area contributed by atoms with Gasteiger partial charge in [0.15, 0.2) is 6.10 Å². The van der Waals surface area contributed by atoms with Crippen LogP contribution in [0.25, 0.3) is 0 Å². The fourth-order valence-electron chi connectivity index (χ4n) is 1.78. The highest BCUT2D eigenvalue weighted by molar-refractivity contribution is 5.99. The molecule has 1 aromatic rings. The summed E-state index contributed by atoms with van der Waals surface area (Å²) in [5, 5.41) is 5.36. The molecule has 2 amide bonds. The minimum absolute atomic E-state index is 0.133. The van der Waals surface area contributed by atoms with Gasteiger partial charge in [0.1, 0.15) is 11.8 Å². The Morgan fingerprint density at radius 2 is 2.35 bits per heavy atom. The van der Waals surface area contributed by atoms with E-state index in [1.54, 1.807) is 25.1 Å². The first-order valence-electron chi connectivity index (χ1n) is 6.18. The second-order valence-electron chi connectivity index (χ2n) is 4.51. The summed E-state index contributed by atoms with van der Waals surface area (Å²) in [6.07, 6.45) is -0.530. The number of rotatable bonds is 4. The third-order valence-electron chi connectivity index (χ3n) is 2.86. The van der Waals surface area contributed by atoms with Gasteiger partial charge in [-0.3, -0.25) is 9.59 Å². The van der Waals surface area contributed by atoms with Crippen molar-refractivity contribution in [3.63, 3.8) is 0 Å². The van der Waals surface area contributed by atoms with Crippen LogP contribution < -0.4 is 21.1 Å². The van der Waals surface area contributed by atoms with Gasteiger partial charge in [0, 0.05) is 12.8 Å². The molecule has 1 aliphatic heterocycles. The molecule has 0 bridgehead atoms. The number of ether oxygens (including phenoxy) is 2. The average Bonchev–Trinajstić information content (AvgIpc) is 2.40. The van der Waals surface area contributed by atoms with E-state index in [1.165, 1.54) is 7.11 Å². The number of carbonyl (C=O) groups is 2. The van der Waals surface area contributed by atoms with Crippen LogP contribution in [0.15, 0.2) is 18.2 Å². The molecular formula is C13H17N3O4. The number of carbonyl (C=O) groups excluding carboxylic acids is 2. The largest absolute Gasteiger partial charge is 0.479 e.